The van der Waals surface area contributed by atoms with E-state index >= 15 is 0 Å². The minimum atomic E-state index is -0.391. The van der Waals surface area contributed by atoms with Crippen molar-refractivity contribution in [2.24, 2.45) is 0 Å². The molecule has 23 heavy (non-hydrogen) atoms. The van der Waals surface area contributed by atoms with Gasteiger partial charge in [-0.3, -0.25) is 0 Å². The number of esters is 1. The highest BCUT2D eigenvalue weighted by Crippen LogP contribution is 2.33. The van der Waals surface area contributed by atoms with E-state index in [2.05, 4.69) is 33.5 Å². The summed E-state index contributed by atoms with van der Waals surface area (Å²) in [6.07, 6.45) is 0.937. The lowest BCUT2D eigenvalue weighted by molar-refractivity contribution is -0.136. The van der Waals surface area contributed by atoms with Crippen molar-refractivity contribution < 1.29 is 14.3 Å². The van der Waals surface area contributed by atoms with Crippen molar-refractivity contribution >= 4 is 39.2 Å². The fourth-order valence-corrected chi connectivity index (χ4v) is 3.13. The molecule has 1 aromatic rings. The Morgan fingerprint density at radius 1 is 1.43 bits per heavy atom. The zero-order chi connectivity index (χ0) is 17.0. The van der Waals surface area contributed by atoms with Gasteiger partial charge in [-0.2, -0.15) is 0 Å². The molecule has 0 bridgehead atoms. The topological polar surface area (TPSA) is 59.6 Å². The highest BCUT2D eigenvalue weighted by atomic mass is 79.9. The lowest BCUT2D eigenvalue weighted by atomic mass is 9.95. The first kappa shape index (κ1) is 17.7. The summed E-state index contributed by atoms with van der Waals surface area (Å²) in [6.45, 7) is 4.51. The van der Waals surface area contributed by atoms with E-state index in [1.807, 2.05) is 18.2 Å². The van der Waals surface area contributed by atoms with Crippen LogP contribution in [0.25, 0.3) is 0 Å². The number of carbonyl (C=O) groups is 1. The van der Waals surface area contributed by atoms with E-state index in [0.717, 1.165) is 22.2 Å². The van der Waals surface area contributed by atoms with Gasteiger partial charge in [0, 0.05) is 5.70 Å². The predicted octanol–water partition coefficient (Wildman–Crippen LogP) is 3.20. The molecule has 0 aromatic heterocycles. The largest absolute Gasteiger partial charge is 0.492 e. The first-order chi connectivity index (χ1) is 11.0. The van der Waals surface area contributed by atoms with Crippen LogP contribution in [0, 0.1) is 0 Å². The van der Waals surface area contributed by atoms with Crippen LogP contribution in [0.15, 0.2) is 33.9 Å². The Balaban J connectivity index is 2.38. The van der Waals surface area contributed by atoms with Crippen LogP contribution in [0.5, 0.6) is 5.75 Å². The monoisotopic (exact) mass is 398 g/mol. The molecule has 0 fully saturated rings. The Morgan fingerprint density at radius 3 is 2.78 bits per heavy atom. The molecule has 0 amide bonds. The van der Waals surface area contributed by atoms with Crippen LogP contribution in [0.4, 0.5) is 0 Å². The molecular weight excluding hydrogens is 380 g/mol. The van der Waals surface area contributed by atoms with Gasteiger partial charge in [-0.15, -0.1) is 0 Å². The van der Waals surface area contributed by atoms with Gasteiger partial charge < -0.3 is 20.1 Å². The van der Waals surface area contributed by atoms with Gasteiger partial charge >= 0.3 is 5.97 Å². The third-order valence-electron chi connectivity index (χ3n) is 3.43. The van der Waals surface area contributed by atoms with Crippen molar-refractivity contribution in [3.05, 3.63) is 39.5 Å². The number of allylic oxidation sites excluding steroid dienone is 1. The second-order valence-corrected chi connectivity index (χ2v) is 6.36. The number of ether oxygens (including phenoxy) is 2. The molecule has 0 saturated heterocycles. The standard InChI is InChI=1S/C16H19BrN2O3S/c1-4-7-22-12-6-5-10(8-11(12)17)14-13(15(20)21-3)9(2)18-16(23)19-14/h5-6,8,14H,4,7H2,1-3H3,(H2,18,19,23). The van der Waals surface area contributed by atoms with E-state index < -0.39 is 5.97 Å². The van der Waals surface area contributed by atoms with Crippen molar-refractivity contribution in [1.29, 1.82) is 0 Å². The third kappa shape index (κ3) is 4.03. The van der Waals surface area contributed by atoms with Gasteiger partial charge in [0.2, 0.25) is 0 Å². The van der Waals surface area contributed by atoms with Crippen LogP contribution in [0.3, 0.4) is 0 Å². The zero-order valence-electron chi connectivity index (χ0n) is 13.2. The fraction of sp³-hybridized carbons (Fsp3) is 0.375. The summed E-state index contributed by atoms with van der Waals surface area (Å²) in [5.41, 5.74) is 2.09. The molecule has 0 radical (unpaired) electrons. The van der Waals surface area contributed by atoms with Gasteiger partial charge in [0.05, 0.1) is 29.8 Å². The zero-order valence-corrected chi connectivity index (χ0v) is 15.6. The Hall–Kier alpha value is -1.60. The Labute approximate surface area is 149 Å². The number of hydrogen-bond donors (Lipinski definition) is 2. The third-order valence-corrected chi connectivity index (χ3v) is 4.27. The molecule has 7 heteroatoms. The van der Waals surface area contributed by atoms with Crippen LogP contribution in [0.1, 0.15) is 31.9 Å². The van der Waals surface area contributed by atoms with Crippen molar-refractivity contribution in [3.8, 4) is 5.75 Å². The summed E-state index contributed by atoms with van der Waals surface area (Å²) in [6, 6.07) is 5.35. The van der Waals surface area contributed by atoms with Crippen molar-refractivity contribution in [2.45, 2.75) is 26.3 Å². The van der Waals surface area contributed by atoms with Crippen molar-refractivity contribution in [1.82, 2.24) is 10.6 Å². The number of methoxy groups -OCH3 is 1. The number of carbonyl (C=O) groups excluding carboxylic acids is 1. The summed E-state index contributed by atoms with van der Waals surface area (Å²) >= 11 is 8.72. The second kappa shape index (κ2) is 7.79. The SMILES string of the molecule is CCCOc1ccc(C2NC(=S)NC(C)=C2C(=O)OC)cc1Br. The quantitative estimate of drug-likeness (QED) is 0.586. The fourth-order valence-electron chi connectivity index (χ4n) is 2.35. The molecule has 1 aromatic carbocycles. The van der Waals surface area contributed by atoms with Crippen LogP contribution >= 0.6 is 28.1 Å². The van der Waals surface area contributed by atoms with Crippen LogP contribution in [0.2, 0.25) is 0 Å². The molecule has 2 rings (SSSR count). The molecule has 1 atom stereocenters. The first-order valence-corrected chi connectivity index (χ1v) is 8.46. The normalized spacial score (nSPS) is 17.4. The van der Waals surface area contributed by atoms with Gasteiger partial charge in [0.15, 0.2) is 5.11 Å². The van der Waals surface area contributed by atoms with Crippen molar-refractivity contribution in [3.63, 3.8) is 0 Å². The Kier molecular flexibility index (Phi) is 6.01. The highest BCUT2D eigenvalue weighted by Gasteiger charge is 2.30. The van der Waals surface area contributed by atoms with E-state index in [0.29, 0.717) is 23.0 Å². The summed E-state index contributed by atoms with van der Waals surface area (Å²) < 4.78 is 11.4. The van der Waals surface area contributed by atoms with E-state index in [1.54, 1.807) is 6.92 Å². The maximum atomic E-state index is 12.1. The number of halogens is 1. The van der Waals surface area contributed by atoms with Crippen LogP contribution < -0.4 is 15.4 Å². The van der Waals surface area contributed by atoms with E-state index in [9.17, 15) is 4.79 Å². The number of benzene rings is 1. The molecule has 0 saturated carbocycles. The minimum Gasteiger partial charge on any atom is -0.492 e. The number of rotatable bonds is 5. The van der Waals surface area contributed by atoms with Crippen LogP contribution in [-0.4, -0.2) is 24.8 Å². The number of hydrogen-bond acceptors (Lipinski definition) is 4. The lowest BCUT2D eigenvalue weighted by Crippen LogP contribution is -2.45. The van der Waals surface area contributed by atoms with Crippen molar-refractivity contribution in [2.75, 3.05) is 13.7 Å². The molecule has 0 aliphatic carbocycles. The van der Waals surface area contributed by atoms with Gasteiger partial charge in [-0.1, -0.05) is 13.0 Å². The van der Waals surface area contributed by atoms with Gasteiger partial charge in [0.1, 0.15) is 5.75 Å². The molecule has 5 nitrogen and oxygen atoms in total. The van der Waals surface area contributed by atoms with E-state index in [4.69, 9.17) is 21.7 Å². The van der Waals surface area contributed by atoms with Gasteiger partial charge in [0.25, 0.3) is 0 Å². The maximum Gasteiger partial charge on any atom is 0.337 e. The predicted molar refractivity (Wildman–Crippen MR) is 96.3 cm³/mol. The van der Waals surface area contributed by atoms with E-state index in [1.165, 1.54) is 7.11 Å². The first-order valence-electron chi connectivity index (χ1n) is 7.26. The molecule has 1 aliphatic heterocycles. The second-order valence-electron chi connectivity index (χ2n) is 5.10. The Morgan fingerprint density at radius 2 is 2.17 bits per heavy atom. The summed E-state index contributed by atoms with van der Waals surface area (Å²) in [7, 11) is 1.37. The maximum absolute atomic E-state index is 12.1. The highest BCUT2D eigenvalue weighted by molar-refractivity contribution is 9.10. The summed E-state index contributed by atoms with van der Waals surface area (Å²) in [5, 5.41) is 6.55. The van der Waals surface area contributed by atoms with E-state index in [-0.39, 0.29) is 6.04 Å². The molecule has 124 valence electrons. The minimum absolute atomic E-state index is 0.368. The summed E-state index contributed by atoms with van der Waals surface area (Å²) in [5.74, 6) is 0.380. The van der Waals surface area contributed by atoms with Gasteiger partial charge in [-0.25, -0.2) is 4.79 Å². The smallest absolute Gasteiger partial charge is 0.337 e. The number of nitrogens with one attached hydrogen (secondary N) is 2. The average molecular weight is 399 g/mol. The lowest BCUT2D eigenvalue weighted by Gasteiger charge is -2.29. The summed E-state index contributed by atoms with van der Waals surface area (Å²) in [4.78, 5) is 12.1. The molecular formula is C16H19BrN2O3S. The Bertz CT molecular complexity index is 661. The molecule has 0 spiro atoms. The molecule has 2 N–H and O–H groups in total. The molecule has 1 unspecified atom stereocenters. The molecule has 1 heterocycles. The average Bonchev–Trinajstić information content (AvgIpc) is 2.52. The van der Waals surface area contributed by atoms with Crippen LogP contribution in [-0.2, 0) is 9.53 Å². The molecule has 1 aliphatic rings. The number of thiocarbonyl (C=S) groups is 1. The van der Waals surface area contributed by atoms with Gasteiger partial charge in [-0.05, 0) is 59.2 Å².